The molecule has 178 valence electrons. The lowest BCUT2D eigenvalue weighted by atomic mass is 10.2. The maximum Gasteiger partial charge on any atom is 0.311 e. The summed E-state index contributed by atoms with van der Waals surface area (Å²) < 4.78 is 21.4. The number of carbonyl (C=O) groups excluding carboxylic acids is 1. The number of nitrogens with zero attached hydrogens (tertiary/aromatic N) is 4. The molecule has 6 rings (SSSR count). The van der Waals surface area contributed by atoms with E-state index in [4.69, 9.17) is 24.2 Å². The van der Waals surface area contributed by atoms with Gasteiger partial charge < -0.3 is 14.2 Å². The minimum absolute atomic E-state index is 0.277. The summed E-state index contributed by atoms with van der Waals surface area (Å²) in [6.45, 7) is 5.12. The van der Waals surface area contributed by atoms with Crippen LogP contribution in [0, 0.1) is 0 Å². The second kappa shape index (κ2) is 8.61. The van der Waals surface area contributed by atoms with Gasteiger partial charge in [-0.15, -0.1) is 0 Å². The molecule has 0 saturated heterocycles. The highest BCUT2D eigenvalue weighted by Crippen LogP contribution is 2.38. The van der Waals surface area contributed by atoms with Gasteiger partial charge in [0.2, 0.25) is 0 Å². The quantitative estimate of drug-likeness (QED) is 0.315. The molecule has 0 radical (unpaired) electrons. The summed E-state index contributed by atoms with van der Waals surface area (Å²) in [5.74, 6) is 2.48. The lowest BCUT2D eigenvalue weighted by Gasteiger charge is -2.19. The van der Waals surface area contributed by atoms with Gasteiger partial charge in [-0.25, -0.2) is 9.97 Å². The molecule has 0 spiro atoms. The van der Waals surface area contributed by atoms with E-state index in [-0.39, 0.29) is 5.97 Å². The smallest absolute Gasteiger partial charge is 0.311 e. The van der Waals surface area contributed by atoms with Crippen LogP contribution >= 0.6 is 0 Å². The van der Waals surface area contributed by atoms with Crippen molar-refractivity contribution in [2.24, 2.45) is 0 Å². The first-order chi connectivity index (χ1) is 17.2. The van der Waals surface area contributed by atoms with Gasteiger partial charge in [-0.3, -0.25) is 13.8 Å². The number of para-hydroxylation sites is 2. The van der Waals surface area contributed by atoms with Gasteiger partial charge in [0, 0.05) is 18.9 Å². The molecule has 1 aliphatic rings. The number of aromatic nitrogens is 4. The Morgan fingerprint density at radius 3 is 2.66 bits per heavy atom. The monoisotopic (exact) mass is 470 g/mol. The third kappa shape index (κ3) is 3.56. The minimum Gasteiger partial charge on any atom is -0.486 e. The molecule has 0 unspecified atom stereocenters. The number of carbonyl (C=O) groups is 1. The Bertz CT molecular complexity index is 1580. The molecular weight excluding hydrogens is 444 g/mol. The second-order valence-electron chi connectivity index (χ2n) is 8.65. The number of hydrogen-bond acceptors (Lipinski definition) is 6. The maximum absolute atomic E-state index is 12.6. The Morgan fingerprint density at radius 1 is 1.00 bits per heavy atom. The van der Waals surface area contributed by atoms with Crippen molar-refractivity contribution in [2.45, 2.75) is 39.5 Å². The lowest BCUT2D eigenvalue weighted by molar-refractivity contribution is -0.134. The third-order valence-electron chi connectivity index (χ3n) is 6.18. The fourth-order valence-electron chi connectivity index (χ4n) is 4.65. The summed E-state index contributed by atoms with van der Waals surface area (Å²) in [5.41, 5.74) is 4.12. The number of benzene rings is 2. The highest BCUT2D eigenvalue weighted by molar-refractivity contribution is 6.01. The van der Waals surface area contributed by atoms with Gasteiger partial charge in [0.05, 0.1) is 22.9 Å². The molecule has 8 heteroatoms. The van der Waals surface area contributed by atoms with Crippen molar-refractivity contribution in [3.63, 3.8) is 0 Å². The van der Waals surface area contributed by atoms with Gasteiger partial charge in [-0.1, -0.05) is 26.0 Å². The normalized spacial score (nSPS) is 13.1. The van der Waals surface area contributed by atoms with E-state index in [0.29, 0.717) is 54.3 Å². The predicted molar refractivity (Wildman–Crippen MR) is 133 cm³/mol. The lowest BCUT2D eigenvalue weighted by Crippen LogP contribution is -2.15. The van der Waals surface area contributed by atoms with Crippen LogP contribution in [0.5, 0.6) is 17.2 Å². The van der Waals surface area contributed by atoms with Crippen molar-refractivity contribution in [1.29, 1.82) is 0 Å². The number of fused-ring (bicyclic) bond motifs is 6. The molecule has 1 aliphatic heterocycles. The number of imidazole rings is 1. The Labute approximate surface area is 202 Å². The summed E-state index contributed by atoms with van der Waals surface area (Å²) >= 11 is 0. The first-order valence-electron chi connectivity index (χ1n) is 12.1. The molecule has 0 bridgehead atoms. The Kier molecular flexibility index (Phi) is 5.28. The summed E-state index contributed by atoms with van der Waals surface area (Å²) in [5, 5.41) is 0.709. The van der Waals surface area contributed by atoms with Crippen LogP contribution in [0.25, 0.3) is 33.4 Å². The second-order valence-corrected chi connectivity index (χ2v) is 8.65. The van der Waals surface area contributed by atoms with E-state index in [0.717, 1.165) is 41.0 Å². The van der Waals surface area contributed by atoms with Gasteiger partial charge in [-0.05, 0) is 37.1 Å². The van der Waals surface area contributed by atoms with Gasteiger partial charge in [0.25, 0.3) is 0 Å². The van der Waals surface area contributed by atoms with E-state index in [9.17, 15) is 4.79 Å². The SMILES string of the molecule is CCCC(=O)Oc1cn(-c2ccc3c(c2)OCCO3)c2nc(CCC)n3c4ccccc4nc3c12. The number of ether oxygens (including phenoxy) is 3. The van der Waals surface area contributed by atoms with Crippen molar-refractivity contribution in [1.82, 2.24) is 18.9 Å². The average Bonchev–Trinajstić information content (AvgIpc) is 3.43. The molecule has 35 heavy (non-hydrogen) atoms. The average molecular weight is 471 g/mol. The van der Waals surface area contributed by atoms with Crippen LogP contribution in [0.4, 0.5) is 0 Å². The van der Waals surface area contributed by atoms with E-state index in [1.807, 2.05) is 60.2 Å². The summed E-state index contributed by atoms with van der Waals surface area (Å²) in [6, 6.07) is 13.8. The zero-order chi connectivity index (χ0) is 23.9. The highest BCUT2D eigenvalue weighted by atomic mass is 16.6. The number of hydrogen-bond donors (Lipinski definition) is 0. The summed E-state index contributed by atoms with van der Waals surface area (Å²) in [6.07, 6.45) is 4.59. The largest absolute Gasteiger partial charge is 0.486 e. The van der Waals surface area contributed by atoms with Gasteiger partial charge in [0.1, 0.15) is 24.4 Å². The number of esters is 1. The topological polar surface area (TPSA) is 79.9 Å². The van der Waals surface area contributed by atoms with Crippen LogP contribution < -0.4 is 14.2 Å². The molecule has 0 amide bonds. The highest BCUT2D eigenvalue weighted by Gasteiger charge is 2.23. The zero-order valence-electron chi connectivity index (χ0n) is 19.8. The maximum atomic E-state index is 12.6. The predicted octanol–water partition coefficient (Wildman–Crippen LogP) is 5.26. The third-order valence-corrected chi connectivity index (χ3v) is 6.18. The van der Waals surface area contributed by atoms with Crippen molar-refractivity contribution in [2.75, 3.05) is 13.2 Å². The van der Waals surface area contributed by atoms with Gasteiger partial charge in [0.15, 0.2) is 28.5 Å². The summed E-state index contributed by atoms with van der Waals surface area (Å²) in [4.78, 5) is 22.6. The fourth-order valence-corrected chi connectivity index (χ4v) is 4.65. The standard InChI is InChI=1S/C27H26N4O4/c1-3-7-23-29-26-25(27-28-18-9-5-6-10-19(18)31(23)27)22(35-24(32)8-4-2)16-30(26)17-11-12-20-21(15-17)34-14-13-33-20/h5-6,9-12,15-16H,3-4,7-8,13-14H2,1-2H3. The van der Waals surface area contributed by atoms with Crippen molar-refractivity contribution in [3.05, 3.63) is 54.5 Å². The van der Waals surface area contributed by atoms with E-state index < -0.39 is 0 Å². The summed E-state index contributed by atoms with van der Waals surface area (Å²) in [7, 11) is 0. The van der Waals surface area contributed by atoms with Gasteiger partial charge >= 0.3 is 5.97 Å². The van der Waals surface area contributed by atoms with Crippen LogP contribution in [0.15, 0.2) is 48.7 Å². The van der Waals surface area contributed by atoms with E-state index >= 15 is 0 Å². The Hall–Kier alpha value is -4.07. The molecule has 0 N–H and O–H groups in total. The molecule has 0 fully saturated rings. The molecule has 0 saturated carbocycles. The molecule has 8 nitrogen and oxygen atoms in total. The van der Waals surface area contributed by atoms with Crippen LogP contribution in [0.1, 0.15) is 38.9 Å². The van der Waals surface area contributed by atoms with E-state index in [2.05, 4.69) is 11.3 Å². The first-order valence-corrected chi connectivity index (χ1v) is 12.1. The zero-order valence-corrected chi connectivity index (χ0v) is 19.8. The molecule has 2 aromatic carbocycles. The van der Waals surface area contributed by atoms with Crippen LogP contribution in [-0.4, -0.2) is 38.1 Å². The van der Waals surface area contributed by atoms with E-state index in [1.165, 1.54) is 0 Å². The molecule has 0 aliphatic carbocycles. The van der Waals surface area contributed by atoms with Crippen LogP contribution in [0.2, 0.25) is 0 Å². The first kappa shape index (κ1) is 21.5. The molecule has 3 aromatic heterocycles. The fraction of sp³-hybridized carbons (Fsp3) is 0.296. The van der Waals surface area contributed by atoms with Crippen molar-refractivity contribution in [3.8, 4) is 22.9 Å². The minimum atomic E-state index is -0.277. The Morgan fingerprint density at radius 2 is 1.83 bits per heavy atom. The molecular formula is C27H26N4O4. The molecule has 4 heterocycles. The number of aryl methyl sites for hydroxylation is 1. The molecule has 0 atom stereocenters. The van der Waals surface area contributed by atoms with E-state index in [1.54, 1.807) is 0 Å². The molecule has 5 aromatic rings. The van der Waals surface area contributed by atoms with Crippen LogP contribution in [0.3, 0.4) is 0 Å². The van der Waals surface area contributed by atoms with Crippen molar-refractivity contribution >= 4 is 33.7 Å². The number of rotatable bonds is 6. The van der Waals surface area contributed by atoms with Crippen LogP contribution in [-0.2, 0) is 11.2 Å². The Balaban J connectivity index is 1.66. The van der Waals surface area contributed by atoms with Crippen molar-refractivity contribution < 1.29 is 19.0 Å². The van der Waals surface area contributed by atoms with Gasteiger partial charge in [-0.2, -0.15) is 0 Å².